The summed E-state index contributed by atoms with van der Waals surface area (Å²) in [5.41, 5.74) is 2.68. The highest BCUT2D eigenvalue weighted by Gasteiger charge is 2.12. The van der Waals surface area contributed by atoms with Gasteiger partial charge in [-0.05, 0) is 53.4 Å². The lowest BCUT2D eigenvalue weighted by molar-refractivity contribution is 0.405. The third-order valence-corrected chi connectivity index (χ3v) is 3.95. The van der Waals surface area contributed by atoms with Gasteiger partial charge in [0.05, 0.1) is 7.11 Å². The summed E-state index contributed by atoms with van der Waals surface area (Å²) < 4.78 is 5.43. The van der Waals surface area contributed by atoms with Gasteiger partial charge in [-0.2, -0.15) is 11.3 Å². The molecule has 0 saturated carbocycles. The van der Waals surface area contributed by atoms with E-state index < -0.39 is 0 Å². The van der Waals surface area contributed by atoms with Crippen molar-refractivity contribution in [2.24, 2.45) is 0 Å². The molecular formula is C16H21NOS. The van der Waals surface area contributed by atoms with Crippen LogP contribution in [0.3, 0.4) is 0 Å². The first-order valence-electron chi connectivity index (χ1n) is 6.69. The number of likely N-dealkylation sites (N-methyl/N-ethyl adjacent to an activating group) is 1. The summed E-state index contributed by atoms with van der Waals surface area (Å²) in [6.45, 7) is 3.15. The third-order valence-electron chi connectivity index (χ3n) is 3.21. The van der Waals surface area contributed by atoms with Crippen LogP contribution < -0.4 is 10.1 Å². The van der Waals surface area contributed by atoms with Crippen LogP contribution in [0.15, 0.2) is 41.1 Å². The van der Waals surface area contributed by atoms with Crippen LogP contribution in [0.2, 0.25) is 0 Å². The summed E-state index contributed by atoms with van der Waals surface area (Å²) in [6, 6.07) is 10.9. The van der Waals surface area contributed by atoms with Gasteiger partial charge in [0.25, 0.3) is 0 Å². The number of para-hydroxylation sites is 1. The molecule has 0 spiro atoms. The molecule has 1 aromatic carbocycles. The molecule has 1 unspecified atom stereocenters. The zero-order valence-electron chi connectivity index (χ0n) is 11.6. The van der Waals surface area contributed by atoms with Crippen molar-refractivity contribution < 1.29 is 4.74 Å². The van der Waals surface area contributed by atoms with E-state index in [1.807, 2.05) is 12.1 Å². The van der Waals surface area contributed by atoms with Crippen molar-refractivity contribution in [3.63, 3.8) is 0 Å². The van der Waals surface area contributed by atoms with E-state index >= 15 is 0 Å². The van der Waals surface area contributed by atoms with Crippen LogP contribution in [-0.4, -0.2) is 19.7 Å². The Morgan fingerprint density at radius 3 is 2.74 bits per heavy atom. The lowest BCUT2D eigenvalue weighted by atomic mass is 10.00. The second-order valence-corrected chi connectivity index (χ2v) is 5.39. The second-order valence-electron chi connectivity index (χ2n) is 4.61. The summed E-state index contributed by atoms with van der Waals surface area (Å²) in [7, 11) is 1.74. The second kappa shape index (κ2) is 7.31. The minimum atomic E-state index is 0.455. The summed E-state index contributed by atoms with van der Waals surface area (Å²) in [5, 5.41) is 7.94. The fourth-order valence-electron chi connectivity index (χ4n) is 2.34. The van der Waals surface area contributed by atoms with E-state index in [1.165, 1.54) is 11.1 Å². The SMILES string of the molecule is CCNC(Cc1ccsc1)Cc1ccccc1OC. The van der Waals surface area contributed by atoms with E-state index in [9.17, 15) is 0 Å². The maximum atomic E-state index is 5.43. The number of benzene rings is 1. The van der Waals surface area contributed by atoms with Crippen LogP contribution in [0, 0.1) is 0 Å². The van der Waals surface area contributed by atoms with Crippen LogP contribution >= 0.6 is 11.3 Å². The molecule has 102 valence electrons. The molecule has 0 amide bonds. The predicted molar refractivity (Wildman–Crippen MR) is 82.2 cm³/mol. The minimum absolute atomic E-state index is 0.455. The Hall–Kier alpha value is -1.32. The maximum Gasteiger partial charge on any atom is 0.122 e. The monoisotopic (exact) mass is 275 g/mol. The van der Waals surface area contributed by atoms with Gasteiger partial charge in [0.15, 0.2) is 0 Å². The van der Waals surface area contributed by atoms with Crippen LogP contribution in [0.25, 0.3) is 0 Å². The molecule has 1 heterocycles. The average molecular weight is 275 g/mol. The van der Waals surface area contributed by atoms with Crippen LogP contribution in [0.4, 0.5) is 0 Å². The molecule has 1 atom stereocenters. The molecule has 0 aliphatic carbocycles. The van der Waals surface area contributed by atoms with Gasteiger partial charge in [-0.1, -0.05) is 25.1 Å². The molecule has 3 heteroatoms. The fourth-order valence-corrected chi connectivity index (χ4v) is 3.02. The lowest BCUT2D eigenvalue weighted by Crippen LogP contribution is -2.33. The van der Waals surface area contributed by atoms with E-state index in [2.05, 4.69) is 41.2 Å². The number of rotatable bonds is 7. The number of hydrogen-bond acceptors (Lipinski definition) is 3. The van der Waals surface area contributed by atoms with E-state index in [0.717, 1.165) is 25.1 Å². The smallest absolute Gasteiger partial charge is 0.122 e. The standard InChI is InChI=1S/C16H21NOS/c1-3-17-15(10-13-8-9-19-12-13)11-14-6-4-5-7-16(14)18-2/h4-9,12,15,17H,3,10-11H2,1-2H3. The Morgan fingerprint density at radius 1 is 1.21 bits per heavy atom. The molecular weight excluding hydrogens is 254 g/mol. The van der Waals surface area contributed by atoms with Gasteiger partial charge in [-0.25, -0.2) is 0 Å². The number of hydrogen-bond donors (Lipinski definition) is 1. The van der Waals surface area contributed by atoms with Gasteiger partial charge in [0, 0.05) is 6.04 Å². The van der Waals surface area contributed by atoms with Gasteiger partial charge < -0.3 is 10.1 Å². The van der Waals surface area contributed by atoms with Crippen molar-refractivity contribution in [3.8, 4) is 5.75 Å². The van der Waals surface area contributed by atoms with Gasteiger partial charge >= 0.3 is 0 Å². The van der Waals surface area contributed by atoms with Crippen molar-refractivity contribution >= 4 is 11.3 Å². The average Bonchev–Trinajstić information content (AvgIpc) is 2.92. The highest BCUT2D eigenvalue weighted by Crippen LogP contribution is 2.20. The van der Waals surface area contributed by atoms with Gasteiger partial charge in [0.1, 0.15) is 5.75 Å². The Balaban J connectivity index is 2.07. The Bertz CT molecular complexity index is 481. The van der Waals surface area contributed by atoms with E-state index in [4.69, 9.17) is 4.74 Å². The summed E-state index contributed by atoms with van der Waals surface area (Å²) in [5.74, 6) is 0.982. The summed E-state index contributed by atoms with van der Waals surface area (Å²) in [6.07, 6.45) is 2.06. The van der Waals surface area contributed by atoms with Crippen molar-refractivity contribution in [2.75, 3.05) is 13.7 Å². The number of thiophene rings is 1. The first-order chi connectivity index (χ1) is 9.33. The number of methoxy groups -OCH3 is 1. The molecule has 19 heavy (non-hydrogen) atoms. The largest absolute Gasteiger partial charge is 0.496 e. The van der Waals surface area contributed by atoms with Crippen molar-refractivity contribution in [3.05, 3.63) is 52.2 Å². The maximum absolute atomic E-state index is 5.43. The summed E-state index contributed by atoms with van der Waals surface area (Å²) >= 11 is 1.76. The van der Waals surface area contributed by atoms with E-state index in [1.54, 1.807) is 18.4 Å². The van der Waals surface area contributed by atoms with Gasteiger partial charge in [-0.3, -0.25) is 0 Å². The highest BCUT2D eigenvalue weighted by molar-refractivity contribution is 7.07. The molecule has 1 N–H and O–H groups in total. The first kappa shape index (κ1) is 14.1. The molecule has 2 rings (SSSR count). The molecule has 2 aromatic rings. The summed E-state index contributed by atoms with van der Waals surface area (Å²) in [4.78, 5) is 0. The topological polar surface area (TPSA) is 21.3 Å². The molecule has 0 radical (unpaired) electrons. The zero-order valence-corrected chi connectivity index (χ0v) is 12.4. The fraction of sp³-hybridized carbons (Fsp3) is 0.375. The Morgan fingerprint density at radius 2 is 2.05 bits per heavy atom. The minimum Gasteiger partial charge on any atom is -0.496 e. The Kier molecular flexibility index (Phi) is 5.43. The quantitative estimate of drug-likeness (QED) is 0.835. The molecule has 0 aliphatic heterocycles. The molecule has 2 nitrogen and oxygen atoms in total. The van der Waals surface area contributed by atoms with Crippen molar-refractivity contribution in [1.29, 1.82) is 0 Å². The zero-order chi connectivity index (χ0) is 13.5. The van der Waals surface area contributed by atoms with Crippen LogP contribution in [0.1, 0.15) is 18.1 Å². The van der Waals surface area contributed by atoms with Gasteiger partial charge in [0.2, 0.25) is 0 Å². The van der Waals surface area contributed by atoms with E-state index in [-0.39, 0.29) is 0 Å². The van der Waals surface area contributed by atoms with Crippen LogP contribution in [0.5, 0.6) is 5.75 Å². The molecule has 0 fully saturated rings. The normalized spacial score (nSPS) is 12.3. The predicted octanol–water partition coefficient (Wildman–Crippen LogP) is 3.52. The van der Waals surface area contributed by atoms with E-state index in [0.29, 0.717) is 6.04 Å². The van der Waals surface area contributed by atoms with Crippen molar-refractivity contribution in [2.45, 2.75) is 25.8 Å². The van der Waals surface area contributed by atoms with Crippen molar-refractivity contribution in [1.82, 2.24) is 5.32 Å². The number of nitrogens with one attached hydrogen (secondary N) is 1. The lowest BCUT2D eigenvalue weighted by Gasteiger charge is -2.19. The highest BCUT2D eigenvalue weighted by atomic mass is 32.1. The molecule has 0 bridgehead atoms. The van der Waals surface area contributed by atoms with Crippen LogP contribution in [-0.2, 0) is 12.8 Å². The molecule has 1 aromatic heterocycles. The third kappa shape index (κ3) is 4.08. The Labute approximate surface area is 119 Å². The number of ether oxygens (including phenoxy) is 1. The van der Waals surface area contributed by atoms with Gasteiger partial charge in [-0.15, -0.1) is 0 Å². The molecule has 0 saturated heterocycles. The molecule has 0 aliphatic rings. The first-order valence-corrected chi connectivity index (χ1v) is 7.64.